The Bertz CT molecular complexity index is 418. The van der Waals surface area contributed by atoms with E-state index in [4.69, 9.17) is 6.42 Å². The monoisotopic (exact) mass is 227 g/mol. The lowest BCUT2D eigenvalue weighted by Crippen LogP contribution is -2.41. The molecule has 0 saturated heterocycles. The van der Waals surface area contributed by atoms with Gasteiger partial charge in [-0.15, -0.1) is 6.42 Å². The third-order valence-electron chi connectivity index (χ3n) is 3.41. The molecule has 1 aliphatic rings. The van der Waals surface area contributed by atoms with Gasteiger partial charge in [0.25, 0.3) is 0 Å². The summed E-state index contributed by atoms with van der Waals surface area (Å²) in [6.07, 6.45) is 8.19. The SMILES string of the molecule is C#CC(C)(C)NC(c1ccc(C)cc1)C1CC1. The molecule has 1 N–H and O–H groups in total. The van der Waals surface area contributed by atoms with E-state index in [2.05, 4.69) is 56.3 Å². The summed E-state index contributed by atoms with van der Waals surface area (Å²) in [5.41, 5.74) is 2.43. The minimum Gasteiger partial charge on any atom is -0.294 e. The summed E-state index contributed by atoms with van der Waals surface area (Å²) in [6, 6.07) is 9.20. The number of hydrogen-bond acceptors (Lipinski definition) is 1. The van der Waals surface area contributed by atoms with Crippen LogP contribution in [0.2, 0.25) is 0 Å². The fourth-order valence-corrected chi connectivity index (χ4v) is 2.11. The van der Waals surface area contributed by atoms with Gasteiger partial charge in [-0.25, -0.2) is 0 Å². The summed E-state index contributed by atoms with van der Waals surface area (Å²) < 4.78 is 0. The van der Waals surface area contributed by atoms with E-state index in [0.717, 1.165) is 5.92 Å². The highest BCUT2D eigenvalue weighted by Gasteiger charge is 2.34. The summed E-state index contributed by atoms with van der Waals surface area (Å²) in [5, 5.41) is 3.60. The van der Waals surface area contributed by atoms with Gasteiger partial charge in [-0.05, 0) is 45.1 Å². The van der Waals surface area contributed by atoms with Gasteiger partial charge in [0.2, 0.25) is 0 Å². The van der Waals surface area contributed by atoms with Crippen LogP contribution in [0.5, 0.6) is 0 Å². The molecule has 1 nitrogen and oxygen atoms in total. The summed E-state index contributed by atoms with van der Waals surface area (Å²) in [4.78, 5) is 0. The zero-order valence-electron chi connectivity index (χ0n) is 11.0. The molecular formula is C16H21N. The molecule has 0 bridgehead atoms. The Balaban J connectivity index is 2.18. The highest BCUT2D eigenvalue weighted by molar-refractivity contribution is 5.27. The van der Waals surface area contributed by atoms with Crippen LogP contribution < -0.4 is 5.32 Å². The van der Waals surface area contributed by atoms with E-state index in [0.29, 0.717) is 6.04 Å². The van der Waals surface area contributed by atoms with E-state index < -0.39 is 0 Å². The van der Waals surface area contributed by atoms with Crippen molar-refractivity contribution >= 4 is 0 Å². The van der Waals surface area contributed by atoms with Gasteiger partial charge in [-0.3, -0.25) is 5.32 Å². The Kier molecular flexibility index (Phi) is 3.26. The van der Waals surface area contributed by atoms with Crippen molar-refractivity contribution in [3.05, 3.63) is 35.4 Å². The van der Waals surface area contributed by atoms with Crippen molar-refractivity contribution in [3.63, 3.8) is 0 Å². The minimum atomic E-state index is -0.238. The molecular weight excluding hydrogens is 206 g/mol. The predicted molar refractivity (Wildman–Crippen MR) is 72.7 cm³/mol. The molecule has 0 amide bonds. The van der Waals surface area contributed by atoms with Gasteiger partial charge in [0, 0.05) is 6.04 Å². The number of benzene rings is 1. The van der Waals surface area contributed by atoms with E-state index in [9.17, 15) is 0 Å². The zero-order chi connectivity index (χ0) is 12.5. The van der Waals surface area contributed by atoms with Crippen LogP contribution in [-0.4, -0.2) is 5.54 Å². The first-order valence-electron chi connectivity index (χ1n) is 6.34. The molecule has 1 atom stereocenters. The average molecular weight is 227 g/mol. The molecule has 0 heterocycles. The fraction of sp³-hybridized carbons (Fsp3) is 0.500. The molecule has 1 saturated carbocycles. The smallest absolute Gasteiger partial charge is 0.0746 e. The summed E-state index contributed by atoms with van der Waals surface area (Å²) in [6.45, 7) is 6.25. The third kappa shape index (κ3) is 3.11. The predicted octanol–water partition coefficient (Wildman–Crippen LogP) is 3.45. The molecule has 2 rings (SSSR count). The molecule has 1 aromatic carbocycles. The fourth-order valence-electron chi connectivity index (χ4n) is 2.11. The number of hydrogen-bond donors (Lipinski definition) is 1. The average Bonchev–Trinajstić information content (AvgIpc) is 3.11. The second-order valence-electron chi connectivity index (χ2n) is 5.64. The van der Waals surface area contributed by atoms with E-state index in [1.165, 1.54) is 24.0 Å². The highest BCUT2D eigenvalue weighted by atomic mass is 15.0. The summed E-state index contributed by atoms with van der Waals surface area (Å²) >= 11 is 0. The number of aryl methyl sites for hydroxylation is 1. The topological polar surface area (TPSA) is 12.0 Å². The van der Waals surface area contributed by atoms with Gasteiger partial charge in [-0.2, -0.15) is 0 Å². The Morgan fingerprint density at radius 2 is 1.88 bits per heavy atom. The first kappa shape index (κ1) is 12.2. The molecule has 0 radical (unpaired) electrons. The molecule has 90 valence electrons. The van der Waals surface area contributed by atoms with Crippen LogP contribution >= 0.6 is 0 Å². The Labute approximate surface area is 105 Å². The number of terminal acetylenes is 1. The number of rotatable bonds is 4. The standard InChI is InChI=1S/C16H21N/c1-5-16(3,4)17-15(14-10-11-14)13-8-6-12(2)7-9-13/h1,6-9,14-15,17H,10-11H2,2-4H3. The van der Waals surface area contributed by atoms with Gasteiger partial charge < -0.3 is 0 Å². The van der Waals surface area contributed by atoms with Gasteiger partial charge in [0.15, 0.2) is 0 Å². The van der Waals surface area contributed by atoms with Gasteiger partial charge in [-0.1, -0.05) is 35.7 Å². The van der Waals surface area contributed by atoms with Crippen LogP contribution in [-0.2, 0) is 0 Å². The van der Waals surface area contributed by atoms with Crippen molar-refractivity contribution in [2.45, 2.75) is 45.2 Å². The lowest BCUT2D eigenvalue weighted by atomic mass is 9.97. The van der Waals surface area contributed by atoms with Gasteiger partial charge in [0.1, 0.15) is 0 Å². The highest BCUT2D eigenvalue weighted by Crippen LogP contribution is 2.41. The number of nitrogens with one attached hydrogen (secondary N) is 1. The van der Waals surface area contributed by atoms with Crippen molar-refractivity contribution in [1.82, 2.24) is 5.32 Å². The minimum absolute atomic E-state index is 0.238. The van der Waals surface area contributed by atoms with Crippen LogP contribution in [0, 0.1) is 25.2 Å². The Morgan fingerprint density at radius 3 is 2.35 bits per heavy atom. The summed E-state index contributed by atoms with van der Waals surface area (Å²) in [7, 11) is 0. The van der Waals surface area contributed by atoms with Crippen LogP contribution in [0.15, 0.2) is 24.3 Å². The first-order chi connectivity index (χ1) is 8.02. The first-order valence-corrected chi connectivity index (χ1v) is 6.34. The second-order valence-corrected chi connectivity index (χ2v) is 5.64. The lowest BCUT2D eigenvalue weighted by Gasteiger charge is -2.28. The Hall–Kier alpha value is -1.26. The third-order valence-corrected chi connectivity index (χ3v) is 3.41. The van der Waals surface area contributed by atoms with E-state index in [1.807, 2.05) is 0 Å². The molecule has 1 unspecified atom stereocenters. The largest absolute Gasteiger partial charge is 0.294 e. The van der Waals surface area contributed by atoms with E-state index in [-0.39, 0.29) is 5.54 Å². The molecule has 0 aromatic heterocycles. The molecule has 1 fully saturated rings. The molecule has 1 aliphatic carbocycles. The van der Waals surface area contributed by atoms with Crippen molar-refractivity contribution in [2.75, 3.05) is 0 Å². The quantitative estimate of drug-likeness (QED) is 0.777. The van der Waals surface area contributed by atoms with Gasteiger partial charge in [0.05, 0.1) is 5.54 Å². The molecule has 0 aliphatic heterocycles. The van der Waals surface area contributed by atoms with Crippen molar-refractivity contribution in [2.24, 2.45) is 5.92 Å². The molecule has 17 heavy (non-hydrogen) atoms. The lowest BCUT2D eigenvalue weighted by molar-refractivity contribution is 0.381. The summed E-state index contributed by atoms with van der Waals surface area (Å²) in [5.74, 6) is 3.58. The van der Waals surface area contributed by atoms with Gasteiger partial charge >= 0.3 is 0 Å². The van der Waals surface area contributed by atoms with Crippen LogP contribution in [0.25, 0.3) is 0 Å². The molecule has 1 heteroatoms. The van der Waals surface area contributed by atoms with Crippen molar-refractivity contribution in [3.8, 4) is 12.3 Å². The maximum Gasteiger partial charge on any atom is 0.0746 e. The van der Waals surface area contributed by atoms with Crippen LogP contribution in [0.4, 0.5) is 0 Å². The van der Waals surface area contributed by atoms with Crippen LogP contribution in [0.3, 0.4) is 0 Å². The van der Waals surface area contributed by atoms with Crippen molar-refractivity contribution in [1.29, 1.82) is 0 Å². The normalized spacial score (nSPS) is 17.5. The van der Waals surface area contributed by atoms with E-state index in [1.54, 1.807) is 0 Å². The maximum atomic E-state index is 5.56. The molecule has 1 aromatic rings. The van der Waals surface area contributed by atoms with Crippen molar-refractivity contribution < 1.29 is 0 Å². The molecule has 0 spiro atoms. The second kappa shape index (κ2) is 4.55. The Morgan fingerprint density at radius 1 is 1.29 bits per heavy atom. The maximum absolute atomic E-state index is 5.56. The van der Waals surface area contributed by atoms with E-state index >= 15 is 0 Å². The zero-order valence-corrected chi connectivity index (χ0v) is 11.0. The van der Waals surface area contributed by atoms with Crippen LogP contribution in [0.1, 0.15) is 43.9 Å².